The number of carbonyl (C=O) groups is 1. The monoisotopic (exact) mass is 280 g/mol. The number of aromatic nitrogens is 1. The lowest BCUT2D eigenvalue weighted by Crippen LogP contribution is -2.22. The quantitative estimate of drug-likeness (QED) is 0.781. The van der Waals surface area contributed by atoms with E-state index in [1.54, 1.807) is 0 Å². The third kappa shape index (κ3) is 3.48. The summed E-state index contributed by atoms with van der Waals surface area (Å²) in [7, 11) is 0. The number of nitrogens with zero attached hydrogens (tertiary/aromatic N) is 1. The first kappa shape index (κ1) is 13.4. The lowest BCUT2D eigenvalue weighted by Gasteiger charge is -2.04. The Morgan fingerprint density at radius 1 is 1.05 bits per heavy atom. The average Bonchev–Trinajstić information content (AvgIpc) is 2.95. The predicted molar refractivity (Wildman–Crippen MR) is 80.6 cm³/mol. The summed E-state index contributed by atoms with van der Waals surface area (Å²) < 4.78 is 5.59. The SMILES string of the molecule is O=C(CCc1nc2ccccc2o1)NCc1ccccc1. The van der Waals surface area contributed by atoms with Crippen molar-refractivity contribution in [2.75, 3.05) is 0 Å². The highest BCUT2D eigenvalue weighted by atomic mass is 16.3. The molecule has 4 heteroatoms. The maximum Gasteiger partial charge on any atom is 0.220 e. The van der Waals surface area contributed by atoms with Crippen molar-refractivity contribution in [3.63, 3.8) is 0 Å². The topological polar surface area (TPSA) is 55.1 Å². The van der Waals surface area contributed by atoms with Crippen LogP contribution in [0.3, 0.4) is 0 Å². The number of carbonyl (C=O) groups excluding carboxylic acids is 1. The van der Waals surface area contributed by atoms with Gasteiger partial charge in [0, 0.05) is 19.4 Å². The Bertz CT molecular complexity index is 702. The van der Waals surface area contributed by atoms with Crippen LogP contribution < -0.4 is 5.32 Å². The summed E-state index contributed by atoms with van der Waals surface area (Å²) in [6, 6.07) is 17.4. The van der Waals surface area contributed by atoms with Crippen LogP contribution in [0.15, 0.2) is 59.0 Å². The van der Waals surface area contributed by atoms with E-state index in [9.17, 15) is 4.79 Å². The van der Waals surface area contributed by atoms with Crippen molar-refractivity contribution in [3.05, 3.63) is 66.1 Å². The van der Waals surface area contributed by atoms with Gasteiger partial charge in [-0.2, -0.15) is 0 Å². The van der Waals surface area contributed by atoms with Crippen LogP contribution in [0, 0.1) is 0 Å². The Morgan fingerprint density at radius 3 is 2.62 bits per heavy atom. The standard InChI is InChI=1S/C17H16N2O2/c20-16(18-12-13-6-2-1-3-7-13)10-11-17-19-14-8-4-5-9-15(14)21-17/h1-9H,10-12H2,(H,18,20). The molecular formula is C17H16N2O2. The average molecular weight is 280 g/mol. The summed E-state index contributed by atoms with van der Waals surface area (Å²) in [4.78, 5) is 16.2. The minimum absolute atomic E-state index is 0.00103. The molecule has 0 saturated heterocycles. The fourth-order valence-corrected chi connectivity index (χ4v) is 2.13. The second kappa shape index (κ2) is 6.22. The van der Waals surface area contributed by atoms with Gasteiger partial charge in [0.2, 0.25) is 5.91 Å². The Labute approximate surface area is 122 Å². The molecule has 1 N–H and O–H groups in total. The normalized spacial score (nSPS) is 10.7. The van der Waals surface area contributed by atoms with Gasteiger partial charge in [-0.25, -0.2) is 4.98 Å². The van der Waals surface area contributed by atoms with E-state index in [1.807, 2.05) is 54.6 Å². The van der Waals surface area contributed by atoms with Crippen LogP contribution in [0.2, 0.25) is 0 Å². The fraction of sp³-hybridized carbons (Fsp3) is 0.176. The van der Waals surface area contributed by atoms with Gasteiger partial charge in [-0.15, -0.1) is 0 Å². The number of hydrogen-bond donors (Lipinski definition) is 1. The Kier molecular flexibility index (Phi) is 3.96. The Hall–Kier alpha value is -2.62. The molecule has 0 saturated carbocycles. The van der Waals surface area contributed by atoms with Gasteiger partial charge >= 0.3 is 0 Å². The zero-order valence-electron chi connectivity index (χ0n) is 11.6. The summed E-state index contributed by atoms with van der Waals surface area (Å²) in [5, 5.41) is 2.89. The van der Waals surface area contributed by atoms with Gasteiger partial charge in [0.25, 0.3) is 0 Å². The molecule has 2 aromatic carbocycles. The van der Waals surface area contributed by atoms with Crippen LogP contribution in [-0.2, 0) is 17.8 Å². The molecule has 1 amide bonds. The molecule has 3 aromatic rings. The van der Waals surface area contributed by atoms with Crippen molar-refractivity contribution < 1.29 is 9.21 Å². The molecule has 0 bridgehead atoms. The molecule has 0 aliphatic carbocycles. The molecule has 0 spiro atoms. The third-order valence-electron chi connectivity index (χ3n) is 3.24. The first-order valence-corrected chi connectivity index (χ1v) is 6.96. The molecule has 0 unspecified atom stereocenters. The van der Waals surface area contributed by atoms with Crippen LogP contribution in [-0.4, -0.2) is 10.9 Å². The number of fused-ring (bicyclic) bond motifs is 1. The van der Waals surface area contributed by atoms with E-state index in [0.29, 0.717) is 25.3 Å². The lowest BCUT2D eigenvalue weighted by molar-refractivity contribution is -0.121. The molecule has 21 heavy (non-hydrogen) atoms. The number of oxazole rings is 1. The van der Waals surface area contributed by atoms with Crippen molar-refractivity contribution >= 4 is 17.0 Å². The number of para-hydroxylation sites is 2. The maximum atomic E-state index is 11.8. The van der Waals surface area contributed by atoms with E-state index in [-0.39, 0.29) is 5.91 Å². The van der Waals surface area contributed by atoms with Gasteiger partial charge in [0.15, 0.2) is 11.5 Å². The second-order valence-electron chi connectivity index (χ2n) is 4.84. The molecule has 0 atom stereocenters. The summed E-state index contributed by atoms with van der Waals surface area (Å²) in [5.41, 5.74) is 2.68. The van der Waals surface area contributed by atoms with Gasteiger partial charge in [-0.3, -0.25) is 4.79 Å². The van der Waals surface area contributed by atoms with Gasteiger partial charge in [0.1, 0.15) is 5.52 Å². The lowest BCUT2D eigenvalue weighted by atomic mass is 10.2. The number of hydrogen-bond acceptors (Lipinski definition) is 3. The molecular weight excluding hydrogens is 264 g/mol. The molecule has 1 aromatic heterocycles. The Balaban J connectivity index is 1.51. The number of amides is 1. The highest BCUT2D eigenvalue weighted by Crippen LogP contribution is 2.15. The van der Waals surface area contributed by atoms with E-state index in [1.165, 1.54) is 0 Å². The van der Waals surface area contributed by atoms with Crippen molar-refractivity contribution in [1.29, 1.82) is 0 Å². The Morgan fingerprint density at radius 2 is 1.81 bits per heavy atom. The summed E-state index contributed by atoms with van der Waals surface area (Å²) in [6.45, 7) is 0.549. The van der Waals surface area contributed by atoms with Crippen molar-refractivity contribution in [3.8, 4) is 0 Å². The minimum Gasteiger partial charge on any atom is -0.441 e. The minimum atomic E-state index is 0.00103. The van der Waals surface area contributed by atoms with E-state index < -0.39 is 0 Å². The number of rotatable bonds is 5. The summed E-state index contributed by atoms with van der Waals surface area (Å²) in [5.74, 6) is 0.604. The van der Waals surface area contributed by atoms with E-state index >= 15 is 0 Å². The molecule has 0 radical (unpaired) electrons. The molecule has 0 aliphatic rings. The third-order valence-corrected chi connectivity index (χ3v) is 3.24. The maximum absolute atomic E-state index is 11.8. The zero-order chi connectivity index (χ0) is 14.5. The molecule has 0 aliphatic heterocycles. The highest BCUT2D eigenvalue weighted by Gasteiger charge is 2.08. The molecule has 106 valence electrons. The predicted octanol–water partition coefficient (Wildman–Crippen LogP) is 3.08. The van der Waals surface area contributed by atoms with Gasteiger partial charge in [-0.1, -0.05) is 42.5 Å². The number of nitrogens with one attached hydrogen (secondary N) is 1. The van der Waals surface area contributed by atoms with Gasteiger partial charge in [-0.05, 0) is 17.7 Å². The second-order valence-corrected chi connectivity index (χ2v) is 4.84. The molecule has 0 fully saturated rings. The summed E-state index contributed by atoms with van der Waals surface area (Å²) >= 11 is 0. The molecule has 1 heterocycles. The van der Waals surface area contributed by atoms with Crippen molar-refractivity contribution in [2.24, 2.45) is 0 Å². The van der Waals surface area contributed by atoms with Gasteiger partial charge in [0.05, 0.1) is 0 Å². The summed E-state index contributed by atoms with van der Waals surface area (Å²) in [6.07, 6.45) is 0.884. The number of benzene rings is 2. The molecule has 4 nitrogen and oxygen atoms in total. The zero-order valence-corrected chi connectivity index (χ0v) is 11.6. The number of aryl methyl sites for hydroxylation is 1. The van der Waals surface area contributed by atoms with E-state index in [0.717, 1.165) is 16.7 Å². The van der Waals surface area contributed by atoms with E-state index in [2.05, 4.69) is 10.3 Å². The van der Waals surface area contributed by atoms with Crippen LogP contribution in [0.1, 0.15) is 17.9 Å². The van der Waals surface area contributed by atoms with Gasteiger partial charge < -0.3 is 9.73 Å². The van der Waals surface area contributed by atoms with Crippen molar-refractivity contribution in [2.45, 2.75) is 19.4 Å². The smallest absolute Gasteiger partial charge is 0.220 e. The highest BCUT2D eigenvalue weighted by molar-refractivity contribution is 5.76. The first-order valence-electron chi connectivity index (χ1n) is 6.96. The largest absolute Gasteiger partial charge is 0.441 e. The molecule has 3 rings (SSSR count). The van der Waals surface area contributed by atoms with Crippen LogP contribution in [0.25, 0.3) is 11.1 Å². The van der Waals surface area contributed by atoms with Crippen molar-refractivity contribution in [1.82, 2.24) is 10.3 Å². The fourth-order valence-electron chi connectivity index (χ4n) is 2.13. The van der Waals surface area contributed by atoms with Crippen LogP contribution in [0.4, 0.5) is 0 Å². The van der Waals surface area contributed by atoms with E-state index in [4.69, 9.17) is 4.42 Å². The first-order chi connectivity index (χ1) is 10.3. The van der Waals surface area contributed by atoms with Crippen LogP contribution in [0.5, 0.6) is 0 Å². The van der Waals surface area contributed by atoms with Crippen LogP contribution >= 0.6 is 0 Å².